The van der Waals surface area contributed by atoms with Crippen molar-refractivity contribution >= 4 is 11.8 Å². The lowest BCUT2D eigenvalue weighted by atomic mass is 10.2. The maximum atomic E-state index is 12.0. The first-order valence-corrected chi connectivity index (χ1v) is 7.69. The molecule has 122 valence electrons. The van der Waals surface area contributed by atoms with Gasteiger partial charge in [-0.2, -0.15) is 0 Å². The first-order valence-electron chi connectivity index (χ1n) is 7.69. The molecule has 2 N–H and O–H groups in total. The largest absolute Gasteiger partial charge is 0.385 e. The van der Waals surface area contributed by atoms with Crippen LogP contribution in [0.3, 0.4) is 0 Å². The van der Waals surface area contributed by atoms with Crippen LogP contribution in [-0.4, -0.2) is 43.6 Å². The number of carbonyl (C=O) groups excluding carboxylic acids is 2. The average Bonchev–Trinajstić information content (AvgIpc) is 2.55. The molecule has 0 unspecified atom stereocenters. The number of rotatable bonds is 10. The summed E-state index contributed by atoms with van der Waals surface area (Å²) in [7, 11) is 1.62. The highest BCUT2D eigenvalue weighted by Gasteiger charge is 2.10. The molecule has 0 radical (unpaired) electrons. The number of hydrogen-bond donors (Lipinski definition) is 2. The molecule has 1 rings (SSSR count). The van der Waals surface area contributed by atoms with Crippen LogP contribution < -0.4 is 10.6 Å². The zero-order chi connectivity index (χ0) is 16.2. The lowest BCUT2D eigenvalue weighted by Crippen LogP contribution is -2.27. The highest BCUT2D eigenvalue weighted by Crippen LogP contribution is 2.03. The summed E-state index contributed by atoms with van der Waals surface area (Å²) in [5.74, 6) is -0.429. The van der Waals surface area contributed by atoms with Crippen molar-refractivity contribution < 1.29 is 14.3 Å². The predicted octanol–water partition coefficient (Wildman–Crippen LogP) is 1.77. The third-order valence-corrected chi connectivity index (χ3v) is 3.14. The number of methoxy groups -OCH3 is 1. The van der Waals surface area contributed by atoms with Gasteiger partial charge in [-0.25, -0.2) is 0 Å². The van der Waals surface area contributed by atoms with Gasteiger partial charge in [-0.3, -0.25) is 14.6 Å². The first-order chi connectivity index (χ1) is 10.7. The van der Waals surface area contributed by atoms with E-state index < -0.39 is 0 Å². The molecule has 1 aromatic heterocycles. The Balaban J connectivity index is 2.50. The summed E-state index contributed by atoms with van der Waals surface area (Å²) in [5.41, 5.74) is 0.791. The zero-order valence-electron chi connectivity index (χ0n) is 13.4. The van der Waals surface area contributed by atoms with Crippen molar-refractivity contribution in [3.63, 3.8) is 0 Å². The van der Waals surface area contributed by atoms with Crippen molar-refractivity contribution in [2.24, 2.45) is 0 Å². The summed E-state index contributed by atoms with van der Waals surface area (Å²) in [5, 5.41) is 5.60. The van der Waals surface area contributed by atoms with Crippen LogP contribution in [0.25, 0.3) is 0 Å². The zero-order valence-corrected chi connectivity index (χ0v) is 13.4. The number of hydrogen-bond acceptors (Lipinski definition) is 4. The molecule has 6 heteroatoms. The minimum Gasteiger partial charge on any atom is -0.385 e. The van der Waals surface area contributed by atoms with Crippen LogP contribution >= 0.6 is 0 Å². The van der Waals surface area contributed by atoms with E-state index in [1.165, 1.54) is 12.4 Å². The summed E-state index contributed by atoms with van der Waals surface area (Å²) in [6.45, 7) is 3.87. The molecule has 22 heavy (non-hydrogen) atoms. The van der Waals surface area contributed by atoms with Gasteiger partial charge in [0, 0.05) is 39.2 Å². The Bertz CT molecular complexity index is 438. The third-order valence-electron chi connectivity index (χ3n) is 3.14. The second kappa shape index (κ2) is 10.7. The van der Waals surface area contributed by atoms with E-state index in [0.29, 0.717) is 30.8 Å². The highest BCUT2D eigenvalue weighted by atomic mass is 16.5. The van der Waals surface area contributed by atoms with Crippen LogP contribution in [-0.2, 0) is 4.74 Å². The van der Waals surface area contributed by atoms with Crippen LogP contribution in [0.2, 0.25) is 0 Å². The number of aromatic nitrogens is 1. The Morgan fingerprint density at radius 2 is 1.64 bits per heavy atom. The van der Waals surface area contributed by atoms with Crippen molar-refractivity contribution in [2.45, 2.75) is 32.6 Å². The molecular weight excluding hydrogens is 282 g/mol. The predicted molar refractivity (Wildman–Crippen MR) is 84.9 cm³/mol. The van der Waals surface area contributed by atoms with Crippen LogP contribution in [0, 0.1) is 0 Å². The van der Waals surface area contributed by atoms with Crippen molar-refractivity contribution in [1.29, 1.82) is 0 Å². The topological polar surface area (TPSA) is 80.3 Å². The number of pyridine rings is 1. The van der Waals surface area contributed by atoms with Gasteiger partial charge in [0.1, 0.15) is 0 Å². The van der Waals surface area contributed by atoms with Crippen molar-refractivity contribution in [3.8, 4) is 0 Å². The molecule has 0 aliphatic rings. The normalized spacial score (nSPS) is 10.3. The van der Waals surface area contributed by atoms with Crippen molar-refractivity contribution in [2.75, 3.05) is 26.8 Å². The molecule has 0 bridgehead atoms. The molecule has 0 aliphatic carbocycles. The minimum absolute atomic E-state index is 0.197. The Morgan fingerprint density at radius 3 is 2.18 bits per heavy atom. The van der Waals surface area contributed by atoms with Crippen molar-refractivity contribution in [1.82, 2.24) is 15.6 Å². The molecule has 0 saturated heterocycles. The van der Waals surface area contributed by atoms with Crippen LogP contribution in [0.5, 0.6) is 0 Å². The molecule has 0 atom stereocenters. The van der Waals surface area contributed by atoms with E-state index in [-0.39, 0.29) is 11.8 Å². The average molecular weight is 307 g/mol. The minimum atomic E-state index is -0.232. The Labute approximate surface area is 131 Å². The fourth-order valence-electron chi connectivity index (χ4n) is 1.89. The molecule has 1 heterocycles. The molecule has 0 saturated carbocycles. The van der Waals surface area contributed by atoms with E-state index in [9.17, 15) is 9.59 Å². The number of nitrogens with one attached hydrogen (secondary N) is 2. The molecule has 0 spiro atoms. The smallest absolute Gasteiger partial charge is 0.252 e. The van der Waals surface area contributed by atoms with Gasteiger partial charge in [-0.05, 0) is 18.9 Å². The van der Waals surface area contributed by atoms with E-state index in [1.54, 1.807) is 13.2 Å². The number of amides is 2. The standard InChI is InChI=1S/C16H25N3O3/c1-3-4-5-7-18-15(20)13-10-14(12-17-11-13)16(21)19-8-6-9-22-2/h10-12H,3-9H2,1-2H3,(H,18,20)(H,19,21). The van der Waals surface area contributed by atoms with Crippen molar-refractivity contribution in [3.05, 3.63) is 29.6 Å². The Kier molecular flexibility index (Phi) is 8.83. The SMILES string of the molecule is CCCCCNC(=O)c1cncc(C(=O)NCCCOC)c1. The summed E-state index contributed by atoms with van der Waals surface area (Å²) >= 11 is 0. The van der Waals surface area contributed by atoms with Gasteiger partial charge in [0.15, 0.2) is 0 Å². The molecule has 0 aromatic carbocycles. The molecule has 6 nitrogen and oxygen atoms in total. The van der Waals surface area contributed by atoms with Gasteiger partial charge in [0.25, 0.3) is 11.8 Å². The fraction of sp³-hybridized carbons (Fsp3) is 0.562. The van der Waals surface area contributed by atoms with Crippen LogP contribution in [0.1, 0.15) is 53.3 Å². The van der Waals surface area contributed by atoms with Gasteiger partial charge in [0.2, 0.25) is 0 Å². The monoisotopic (exact) mass is 307 g/mol. The van der Waals surface area contributed by atoms with Gasteiger partial charge < -0.3 is 15.4 Å². The van der Waals surface area contributed by atoms with Gasteiger partial charge >= 0.3 is 0 Å². The molecule has 0 aliphatic heterocycles. The second-order valence-corrected chi connectivity index (χ2v) is 5.03. The summed E-state index contributed by atoms with van der Waals surface area (Å²) in [6, 6.07) is 1.56. The Hall–Kier alpha value is -1.95. The molecule has 1 aromatic rings. The number of unbranched alkanes of at least 4 members (excludes halogenated alkanes) is 2. The Morgan fingerprint density at radius 1 is 1.05 bits per heavy atom. The molecule has 0 fully saturated rings. The van der Waals surface area contributed by atoms with Crippen LogP contribution in [0.15, 0.2) is 18.5 Å². The maximum Gasteiger partial charge on any atom is 0.252 e. The lowest BCUT2D eigenvalue weighted by Gasteiger charge is -2.07. The van der Waals surface area contributed by atoms with Gasteiger partial charge in [-0.1, -0.05) is 19.8 Å². The van der Waals surface area contributed by atoms with Gasteiger partial charge in [-0.15, -0.1) is 0 Å². The van der Waals surface area contributed by atoms with E-state index in [2.05, 4.69) is 22.5 Å². The van der Waals surface area contributed by atoms with Gasteiger partial charge in [0.05, 0.1) is 11.1 Å². The quantitative estimate of drug-likeness (QED) is 0.646. The van der Waals surface area contributed by atoms with E-state index >= 15 is 0 Å². The van der Waals surface area contributed by atoms with E-state index in [1.807, 2.05) is 0 Å². The maximum absolute atomic E-state index is 12.0. The van der Waals surface area contributed by atoms with Crippen LogP contribution in [0.4, 0.5) is 0 Å². The summed E-state index contributed by atoms with van der Waals surface area (Å²) in [4.78, 5) is 27.9. The molecular formula is C16H25N3O3. The second-order valence-electron chi connectivity index (χ2n) is 5.03. The lowest BCUT2D eigenvalue weighted by molar-refractivity contribution is 0.0948. The first kappa shape index (κ1) is 18.1. The summed E-state index contributed by atoms with van der Waals surface area (Å²) in [6.07, 6.45) is 6.82. The molecule has 2 amide bonds. The highest BCUT2D eigenvalue weighted by molar-refractivity contribution is 5.99. The number of carbonyl (C=O) groups is 2. The van der Waals surface area contributed by atoms with E-state index in [4.69, 9.17) is 4.74 Å². The third kappa shape index (κ3) is 6.67. The number of nitrogens with zero attached hydrogens (tertiary/aromatic N) is 1. The van der Waals surface area contributed by atoms with E-state index in [0.717, 1.165) is 25.7 Å². The fourth-order valence-corrected chi connectivity index (χ4v) is 1.89. The summed E-state index contributed by atoms with van der Waals surface area (Å²) < 4.78 is 4.92. The number of ether oxygens (including phenoxy) is 1.